The molecule has 0 aliphatic heterocycles. The molecule has 38 heavy (non-hydrogen) atoms. The van der Waals surface area contributed by atoms with Gasteiger partial charge in [0, 0.05) is 15.5 Å². The van der Waals surface area contributed by atoms with Crippen LogP contribution in [0, 0.1) is 0 Å². The van der Waals surface area contributed by atoms with Crippen LogP contribution < -0.4 is 0 Å². The molecule has 0 radical (unpaired) electrons. The van der Waals surface area contributed by atoms with Crippen LogP contribution in [-0.2, 0) is 16.2 Å². The number of fused-ring (bicyclic) bond motifs is 3. The summed E-state index contributed by atoms with van der Waals surface area (Å²) < 4.78 is 1.29. The van der Waals surface area contributed by atoms with Crippen molar-refractivity contribution in [3.8, 4) is 11.1 Å². The Morgan fingerprint density at radius 1 is 0.579 bits per heavy atom. The predicted molar refractivity (Wildman–Crippen MR) is 174 cm³/mol. The highest BCUT2D eigenvalue weighted by molar-refractivity contribution is 9.10. The van der Waals surface area contributed by atoms with Crippen molar-refractivity contribution in [1.29, 1.82) is 0 Å². The highest BCUT2D eigenvalue weighted by atomic mass is 79.9. The average Bonchev–Trinajstić information content (AvgIpc) is 3.12. The van der Waals surface area contributed by atoms with E-state index in [1.165, 1.54) is 117 Å². The quantitative estimate of drug-likeness (QED) is 0.195. The highest BCUT2D eigenvalue weighted by Gasteiger charge is 2.44. The van der Waals surface area contributed by atoms with E-state index in [9.17, 15) is 0 Å². The van der Waals surface area contributed by atoms with Gasteiger partial charge in [-0.1, -0.05) is 173 Å². The lowest BCUT2D eigenvalue weighted by Gasteiger charge is -2.35. The van der Waals surface area contributed by atoms with Gasteiger partial charge in [-0.2, -0.15) is 0 Å². The van der Waals surface area contributed by atoms with Crippen LogP contribution >= 0.6 is 15.9 Å². The summed E-state index contributed by atoms with van der Waals surface area (Å²) in [7, 11) is 0. The molecule has 2 aromatic carbocycles. The average molecular weight is 582 g/mol. The van der Waals surface area contributed by atoms with E-state index in [4.69, 9.17) is 0 Å². The van der Waals surface area contributed by atoms with Gasteiger partial charge in [-0.3, -0.25) is 0 Å². The van der Waals surface area contributed by atoms with Crippen LogP contribution in [0.25, 0.3) is 11.1 Å². The number of hydrogen-bond donors (Lipinski definition) is 0. The fourth-order valence-electron chi connectivity index (χ4n) is 6.54. The van der Waals surface area contributed by atoms with E-state index >= 15 is 0 Å². The zero-order valence-electron chi connectivity index (χ0n) is 26.2. The molecular weight excluding hydrogens is 524 g/mol. The van der Waals surface area contributed by atoms with Gasteiger partial charge < -0.3 is 0 Å². The Kier molecular flexibility index (Phi) is 11.2. The van der Waals surface area contributed by atoms with E-state index in [0.717, 1.165) is 0 Å². The van der Waals surface area contributed by atoms with Crippen molar-refractivity contribution in [2.24, 2.45) is 0 Å². The summed E-state index contributed by atoms with van der Waals surface area (Å²) in [5, 5.41) is 0. The first-order valence-corrected chi connectivity index (χ1v) is 16.7. The number of rotatable bonds is 14. The summed E-state index contributed by atoms with van der Waals surface area (Å²) in [6, 6.07) is 12.5. The van der Waals surface area contributed by atoms with Crippen LogP contribution in [0.1, 0.15) is 168 Å². The summed E-state index contributed by atoms with van der Waals surface area (Å²) >= 11 is 4.09. The molecule has 0 bridgehead atoms. The van der Waals surface area contributed by atoms with Gasteiger partial charge in [0.05, 0.1) is 0 Å². The van der Waals surface area contributed by atoms with Crippen LogP contribution in [0.4, 0.5) is 0 Å². The van der Waals surface area contributed by atoms with Gasteiger partial charge in [0.25, 0.3) is 0 Å². The molecule has 212 valence electrons. The smallest absolute Gasteiger partial charge is 0.0259 e. The van der Waals surface area contributed by atoms with Crippen LogP contribution in [0.5, 0.6) is 0 Å². The van der Waals surface area contributed by atoms with E-state index in [2.05, 4.69) is 102 Å². The molecule has 0 saturated carbocycles. The Bertz CT molecular complexity index is 1010. The van der Waals surface area contributed by atoms with Gasteiger partial charge in [0.15, 0.2) is 0 Å². The second-order valence-corrected chi connectivity index (χ2v) is 15.1. The first kappa shape index (κ1) is 31.4. The second kappa shape index (κ2) is 13.5. The monoisotopic (exact) mass is 580 g/mol. The Morgan fingerprint density at radius 2 is 1.05 bits per heavy atom. The Balaban J connectivity index is 2.10. The number of benzene rings is 2. The van der Waals surface area contributed by atoms with Crippen LogP contribution in [0.2, 0.25) is 0 Å². The van der Waals surface area contributed by atoms with Crippen LogP contribution in [0.3, 0.4) is 0 Å². The SMILES string of the molecule is CCCCCCCCC1(CCCCCCCC)c2cc(C(C)(C)C)ccc2-c2c(Br)cc(C(C)(C)C)cc21. The van der Waals surface area contributed by atoms with Crippen molar-refractivity contribution in [3.63, 3.8) is 0 Å². The fraction of sp³-hybridized carbons (Fsp3) is 0.676. The molecule has 0 atom stereocenters. The van der Waals surface area contributed by atoms with E-state index in [1.807, 2.05) is 0 Å². The summed E-state index contributed by atoms with van der Waals surface area (Å²) in [6.45, 7) is 18.8. The molecule has 1 heteroatoms. The first-order chi connectivity index (χ1) is 18.0. The Hall–Kier alpha value is -1.08. The van der Waals surface area contributed by atoms with Crippen molar-refractivity contribution >= 4 is 15.9 Å². The molecule has 0 saturated heterocycles. The molecule has 0 N–H and O–H groups in total. The molecule has 0 spiro atoms. The number of hydrogen-bond acceptors (Lipinski definition) is 0. The second-order valence-electron chi connectivity index (χ2n) is 14.3. The van der Waals surface area contributed by atoms with E-state index in [0.29, 0.717) is 0 Å². The van der Waals surface area contributed by atoms with E-state index < -0.39 is 0 Å². The maximum absolute atomic E-state index is 4.09. The van der Waals surface area contributed by atoms with E-state index in [1.54, 1.807) is 11.1 Å². The molecule has 0 nitrogen and oxygen atoms in total. The molecule has 1 aliphatic carbocycles. The lowest BCUT2D eigenvalue weighted by atomic mass is 9.69. The van der Waals surface area contributed by atoms with Crippen LogP contribution in [0.15, 0.2) is 34.8 Å². The minimum Gasteiger partial charge on any atom is -0.0654 e. The maximum Gasteiger partial charge on any atom is 0.0259 e. The van der Waals surface area contributed by atoms with Gasteiger partial charge >= 0.3 is 0 Å². The van der Waals surface area contributed by atoms with Crippen molar-refractivity contribution < 1.29 is 0 Å². The molecule has 1 aliphatic rings. The van der Waals surface area contributed by atoms with Gasteiger partial charge in [-0.05, 0) is 57.6 Å². The van der Waals surface area contributed by atoms with Crippen molar-refractivity contribution in [2.75, 3.05) is 0 Å². The third-order valence-electron chi connectivity index (χ3n) is 9.06. The first-order valence-electron chi connectivity index (χ1n) is 16.0. The highest BCUT2D eigenvalue weighted by Crippen LogP contribution is 2.57. The number of halogens is 1. The van der Waals surface area contributed by atoms with Crippen LogP contribution in [-0.4, -0.2) is 0 Å². The third kappa shape index (κ3) is 7.35. The number of unbranched alkanes of at least 4 members (excludes halogenated alkanes) is 10. The largest absolute Gasteiger partial charge is 0.0654 e. The Morgan fingerprint density at radius 3 is 1.55 bits per heavy atom. The summed E-state index contributed by atoms with van der Waals surface area (Å²) in [5.74, 6) is 0. The third-order valence-corrected chi connectivity index (χ3v) is 9.68. The molecule has 0 heterocycles. The van der Waals surface area contributed by atoms with Gasteiger partial charge in [-0.15, -0.1) is 0 Å². The normalized spacial score (nSPS) is 14.6. The summed E-state index contributed by atoms with van der Waals surface area (Å²) in [5.41, 5.74) is 9.55. The molecule has 0 unspecified atom stereocenters. The van der Waals surface area contributed by atoms with Crippen molar-refractivity contribution in [3.05, 3.63) is 57.1 Å². The summed E-state index contributed by atoms with van der Waals surface area (Å²) in [4.78, 5) is 0. The zero-order chi connectivity index (χ0) is 28.0. The van der Waals surface area contributed by atoms with Gasteiger partial charge in [-0.25, -0.2) is 0 Å². The predicted octanol–water partition coefficient (Wildman–Crippen LogP) is 12.8. The fourth-order valence-corrected chi connectivity index (χ4v) is 7.21. The lowest BCUT2D eigenvalue weighted by molar-refractivity contribution is 0.396. The topological polar surface area (TPSA) is 0 Å². The minimum absolute atomic E-state index is 0.130. The molecule has 0 aromatic heterocycles. The minimum atomic E-state index is 0.130. The maximum atomic E-state index is 4.09. The molecule has 3 rings (SSSR count). The van der Waals surface area contributed by atoms with Gasteiger partial charge in [0.2, 0.25) is 0 Å². The van der Waals surface area contributed by atoms with Gasteiger partial charge in [0.1, 0.15) is 0 Å². The standard InChI is InChI=1S/C37H57Br/c1-9-11-13-15-17-19-23-37(24-20-18-16-14-12-10-2)31-25-28(35(3,4)5)21-22-30(31)34-32(37)26-29(27-33(34)38)36(6,7)8/h21-22,25-27H,9-20,23-24H2,1-8H3. The Labute approximate surface area is 244 Å². The van der Waals surface area contributed by atoms with Crippen molar-refractivity contribution in [1.82, 2.24) is 0 Å². The lowest BCUT2D eigenvalue weighted by Crippen LogP contribution is -2.27. The zero-order valence-corrected chi connectivity index (χ0v) is 27.8. The van der Waals surface area contributed by atoms with Crippen molar-refractivity contribution in [2.45, 2.75) is 162 Å². The van der Waals surface area contributed by atoms with E-state index in [-0.39, 0.29) is 16.2 Å². The molecule has 0 amide bonds. The summed E-state index contributed by atoms with van der Waals surface area (Å²) in [6.07, 6.45) is 18.9. The molecule has 0 fully saturated rings. The molecule has 2 aromatic rings. The molecular formula is C37H57Br.